The van der Waals surface area contributed by atoms with Crippen molar-refractivity contribution in [1.29, 1.82) is 0 Å². The lowest BCUT2D eigenvalue weighted by Crippen LogP contribution is -2.69. The molecule has 202 valence electrons. The van der Waals surface area contributed by atoms with Gasteiger partial charge >= 0.3 is 0 Å². The van der Waals surface area contributed by atoms with Crippen LogP contribution >= 0.6 is 0 Å². The monoisotopic (exact) mass is 528 g/mol. The molecule has 2 N–H and O–H groups in total. The second-order valence-corrected chi connectivity index (χ2v) is 12.6. The van der Waals surface area contributed by atoms with E-state index in [9.17, 15) is 4.79 Å². The molecular formula is C31H33FN4O3. The Hall–Kier alpha value is -3.23. The normalized spacial score (nSPS) is 26.1. The maximum atomic E-state index is 15.5. The molecule has 9 rings (SSSR count). The highest BCUT2D eigenvalue weighted by Crippen LogP contribution is 2.61. The van der Waals surface area contributed by atoms with Crippen LogP contribution in [0.4, 0.5) is 10.2 Å². The largest absolute Gasteiger partial charge is 0.487 e. The number of carbonyl (C=O) groups is 1. The molecule has 2 aromatic carbocycles. The molecule has 0 atom stereocenters. The summed E-state index contributed by atoms with van der Waals surface area (Å²) in [5.41, 5.74) is 10.4. The summed E-state index contributed by atoms with van der Waals surface area (Å²) in [6.07, 6.45) is 5.96. The van der Waals surface area contributed by atoms with Crippen LogP contribution in [0.1, 0.15) is 64.7 Å². The van der Waals surface area contributed by atoms with Gasteiger partial charge in [0.15, 0.2) is 0 Å². The Bertz CT molecular complexity index is 1530. The number of benzene rings is 2. The van der Waals surface area contributed by atoms with Gasteiger partial charge in [-0.05, 0) is 61.1 Å². The molecule has 7 nitrogen and oxygen atoms in total. The van der Waals surface area contributed by atoms with Gasteiger partial charge in [0.05, 0.1) is 24.3 Å². The molecule has 1 amide bonds. The first-order valence-corrected chi connectivity index (χ1v) is 14.1. The van der Waals surface area contributed by atoms with Crippen LogP contribution in [0.5, 0.6) is 5.75 Å². The first-order valence-electron chi connectivity index (χ1n) is 14.1. The highest BCUT2D eigenvalue weighted by molar-refractivity contribution is 6.00. The maximum absolute atomic E-state index is 15.5. The molecule has 0 radical (unpaired) electrons. The number of rotatable bonds is 4. The van der Waals surface area contributed by atoms with Gasteiger partial charge in [0.25, 0.3) is 5.91 Å². The van der Waals surface area contributed by atoms with Crippen molar-refractivity contribution >= 4 is 22.6 Å². The van der Waals surface area contributed by atoms with E-state index in [1.165, 1.54) is 11.6 Å². The summed E-state index contributed by atoms with van der Waals surface area (Å²) in [7, 11) is 2.16. The van der Waals surface area contributed by atoms with Gasteiger partial charge in [-0.3, -0.25) is 4.79 Å². The molecule has 1 spiro atoms. The van der Waals surface area contributed by atoms with Crippen LogP contribution < -0.4 is 10.5 Å². The molecule has 8 heteroatoms. The zero-order valence-corrected chi connectivity index (χ0v) is 22.3. The molecule has 1 saturated heterocycles. The summed E-state index contributed by atoms with van der Waals surface area (Å²) in [5, 5.41) is 0.747. The van der Waals surface area contributed by atoms with Crippen LogP contribution in [-0.4, -0.2) is 52.0 Å². The summed E-state index contributed by atoms with van der Waals surface area (Å²) in [6.45, 7) is 3.33. The maximum Gasteiger partial charge on any atom is 0.257 e. The molecule has 2 bridgehead atoms. The lowest BCUT2D eigenvalue weighted by molar-refractivity contribution is -0.127. The van der Waals surface area contributed by atoms with E-state index < -0.39 is 5.82 Å². The number of aromatic nitrogens is 1. The standard InChI is InChI=1S/C31H33FN4O3/c1-35-6-4-31(5-7-35)14-20-8-18(2-3-27(20)39-31)15-36(30-11-19(12-30)13-30)29(37)22-9-21-23-16-38-17-24(23)28(33)34-26(21)10-25(22)32/h2-3,8-10,19H,4-7,11-17H2,1H3,(H2,33,34). The smallest absolute Gasteiger partial charge is 0.257 e. The lowest BCUT2D eigenvalue weighted by atomic mass is 9.49. The minimum absolute atomic E-state index is 0.0997. The minimum Gasteiger partial charge on any atom is -0.487 e. The molecule has 4 fully saturated rings. The third-order valence-electron chi connectivity index (χ3n) is 10.1. The van der Waals surface area contributed by atoms with Gasteiger partial charge in [0.2, 0.25) is 0 Å². The van der Waals surface area contributed by atoms with E-state index in [1.807, 2.05) is 4.90 Å². The van der Waals surface area contributed by atoms with E-state index in [4.69, 9.17) is 15.2 Å². The Balaban J connectivity index is 1.12. The van der Waals surface area contributed by atoms with Crippen LogP contribution in [0.2, 0.25) is 0 Å². The van der Waals surface area contributed by atoms with Gasteiger partial charge in [0.1, 0.15) is 23.0 Å². The summed E-state index contributed by atoms with van der Waals surface area (Å²) < 4.78 is 27.6. The zero-order valence-electron chi connectivity index (χ0n) is 22.3. The molecule has 0 unspecified atom stereocenters. The van der Waals surface area contributed by atoms with Gasteiger partial charge < -0.3 is 25.0 Å². The first-order chi connectivity index (χ1) is 18.8. The van der Waals surface area contributed by atoms with Crippen LogP contribution in [0.15, 0.2) is 30.3 Å². The highest BCUT2D eigenvalue weighted by atomic mass is 19.1. The molecule has 6 aliphatic rings. The number of fused-ring (bicyclic) bond motifs is 4. The zero-order chi connectivity index (χ0) is 26.5. The number of hydrogen-bond acceptors (Lipinski definition) is 6. The molecule has 3 aliphatic carbocycles. The predicted molar refractivity (Wildman–Crippen MR) is 145 cm³/mol. The van der Waals surface area contributed by atoms with E-state index in [2.05, 4.69) is 35.1 Å². The average Bonchev–Trinajstić information content (AvgIpc) is 3.48. The van der Waals surface area contributed by atoms with Crippen molar-refractivity contribution in [3.63, 3.8) is 0 Å². The summed E-state index contributed by atoms with van der Waals surface area (Å²) in [6, 6.07) is 9.38. The number of pyridine rings is 1. The van der Waals surface area contributed by atoms with Crippen LogP contribution in [0, 0.1) is 11.7 Å². The van der Waals surface area contributed by atoms with Gasteiger partial charge in [0, 0.05) is 61.5 Å². The first kappa shape index (κ1) is 23.6. The van der Waals surface area contributed by atoms with Gasteiger partial charge in [-0.15, -0.1) is 0 Å². The molecule has 1 aromatic heterocycles. The number of nitrogens with two attached hydrogens (primary N) is 1. The fourth-order valence-electron chi connectivity index (χ4n) is 7.59. The number of halogens is 1. The fraction of sp³-hybridized carbons (Fsp3) is 0.484. The second-order valence-electron chi connectivity index (χ2n) is 12.6. The number of nitrogen functional groups attached to an aromatic ring is 1. The Morgan fingerprint density at radius 2 is 1.92 bits per heavy atom. The summed E-state index contributed by atoms with van der Waals surface area (Å²) >= 11 is 0. The lowest BCUT2D eigenvalue weighted by Gasteiger charge is -2.66. The SMILES string of the molecule is CN1CCC2(CC1)Cc1cc(CN(C(=O)c3cc4c5c(c(N)nc4cc3F)COC5)C34CC(C3)C4)ccc1O2. The molecule has 3 saturated carbocycles. The molecule has 4 heterocycles. The summed E-state index contributed by atoms with van der Waals surface area (Å²) in [5.74, 6) is 1.22. The Labute approximate surface area is 227 Å². The number of ether oxygens (including phenoxy) is 2. The van der Waals surface area contributed by atoms with E-state index >= 15 is 4.39 Å². The molecular weight excluding hydrogens is 495 g/mol. The van der Waals surface area contributed by atoms with Crippen molar-refractivity contribution < 1.29 is 18.7 Å². The van der Waals surface area contributed by atoms with Crippen LogP contribution in [0.25, 0.3) is 10.9 Å². The predicted octanol–water partition coefficient (Wildman–Crippen LogP) is 4.58. The third-order valence-corrected chi connectivity index (χ3v) is 10.1. The number of amides is 1. The number of carbonyl (C=O) groups excluding carboxylic acids is 1. The van der Waals surface area contributed by atoms with E-state index in [0.29, 0.717) is 37.0 Å². The summed E-state index contributed by atoms with van der Waals surface area (Å²) in [4.78, 5) is 22.8. The molecule has 39 heavy (non-hydrogen) atoms. The van der Waals surface area contributed by atoms with Gasteiger partial charge in [-0.25, -0.2) is 9.37 Å². The van der Waals surface area contributed by atoms with Gasteiger partial charge in [-0.1, -0.05) is 12.1 Å². The van der Waals surface area contributed by atoms with E-state index in [0.717, 1.165) is 79.4 Å². The number of likely N-dealkylation sites (tertiary alicyclic amines) is 1. The molecule has 3 aromatic rings. The van der Waals surface area contributed by atoms with Crippen molar-refractivity contribution in [2.24, 2.45) is 5.92 Å². The Morgan fingerprint density at radius 1 is 1.15 bits per heavy atom. The molecule has 3 aliphatic heterocycles. The fourth-order valence-corrected chi connectivity index (χ4v) is 7.59. The minimum atomic E-state index is -0.554. The van der Waals surface area contributed by atoms with E-state index in [1.54, 1.807) is 6.07 Å². The van der Waals surface area contributed by atoms with Crippen molar-refractivity contribution in [3.05, 3.63) is 64.0 Å². The number of anilines is 1. The number of piperidine rings is 1. The number of hydrogen-bond donors (Lipinski definition) is 1. The van der Waals surface area contributed by atoms with Crippen molar-refractivity contribution in [3.8, 4) is 5.75 Å². The topological polar surface area (TPSA) is 80.9 Å². The Morgan fingerprint density at radius 3 is 2.67 bits per heavy atom. The third kappa shape index (κ3) is 3.54. The van der Waals surface area contributed by atoms with Crippen molar-refractivity contribution in [2.45, 2.75) is 69.4 Å². The quantitative estimate of drug-likeness (QED) is 0.534. The highest BCUT2D eigenvalue weighted by Gasteiger charge is 2.61. The van der Waals surface area contributed by atoms with Crippen LogP contribution in [-0.2, 0) is 30.9 Å². The van der Waals surface area contributed by atoms with Gasteiger partial charge in [-0.2, -0.15) is 0 Å². The number of nitrogens with zero attached hydrogens (tertiary/aromatic N) is 3. The second kappa shape index (κ2) is 8.15. The van der Waals surface area contributed by atoms with E-state index in [-0.39, 0.29) is 22.6 Å². The average molecular weight is 529 g/mol. The van der Waals surface area contributed by atoms with Crippen molar-refractivity contribution in [1.82, 2.24) is 14.8 Å². The Kier molecular flexibility index (Phi) is 4.94. The van der Waals surface area contributed by atoms with Crippen LogP contribution in [0.3, 0.4) is 0 Å². The van der Waals surface area contributed by atoms with Crippen molar-refractivity contribution in [2.75, 3.05) is 25.9 Å².